The minimum absolute atomic E-state index is 0.0783. The smallest absolute Gasteiger partial charge is 0.0658 e. The lowest BCUT2D eigenvalue weighted by molar-refractivity contribution is -0.0244. The predicted molar refractivity (Wildman–Crippen MR) is 75.7 cm³/mol. The van der Waals surface area contributed by atoms with Crippen LogP contribution in [0.2, 0.25) is 0 Å². The fourth-order valence-electron chi connectivity index (χ4n) is 4.10. The van der Waals surface area contributed by atoms with Crippen LogP contribution in [0.3, 0.4) is 0 Å². The Bertz CT molecular complexity index is 247. The summed E-state index contributed by atoms with van der Waals surface area (Å²) in [7, 11) is 1.79. The number of methoxy groups -OCH3 is 1. The molecule has 1 spiro atoms. The van der Waals surface area contributed by atoms with Crippen molar-refractivity contribution in [3.05, 3.63) is 0 Å². The summed E-state index contributed by atoms with van der Waals surface area (Å²) < 4.78 is 5.44. The van der Waals surface area contributed by atoms with Crippen LogP contribution in [0.5, 0.6) is 0 Å². The van der Waals surface area contributed by atoms with E-state index in [1.807, 2.05) is 0 Å². The summed E-state index contributed by atoms with van der Waals surface area (Å²) in [5, 5.41) is 0. The van der Waals surface area contributed by atoms with Crippen LogP contribution in [0.25, 0.3) is 0 Å². The Balaban J connectivity index is 1.98. The number of ether oxygens (including phenoxy) is 1. The maximum atomic E-state index is 6.06. The van der Waals surface area contributed by atoms with Crippen molar-refractivity contribution >= 4 is 0 Å². The topological polar surface area (TPSA) is 38.5 Å². The molecule has 1 aliphatic carbocycles. The largest absolute Gasteiger partial charge is 0.383 e. The molecule has 0 aromatic rings. The molecule has 1 aliphatic heterocycles. The molecule has 1 heterocycles. The highest BCUT2D eigenvalue weighted by Crippen LogP contribution is 2.47. The normalized spacial score (nSPS) is 27.5. The van der Waals surface area contributed by atoms with E-state index in [9.17, 15) is 0 Å². The van der Waals surface area contributed by atoms with E-state index in [2.05, 4.69) is 11.8 Å². The first kappa shape index (κ1) is 14.3. The fraction of sp³-hybridized carbons (Fsp3) is 1.00. The molecule has 0 aromatic heterocycles. The van der Waals surface area contributed by atoms with Crippen molar-refractivity contribution in [2.75, 3.05) is 33.4 Å². The highest BCUT2D eigenvalue weighted by atomic mass is 16.5. The van der Waals surface area contributed by atoms with E-state index in [0.29, 0.717) is 12.0 Å². The average molecular weight is 254 g/mol. The molecule has 18 heavy (non-hydrogen) atoms. The third kappa shape index (κ3) is 2.59. The van der Waals surface area contributed by atoms with Gasteiger partial charge in [-0.05, 0) is 50.6 Å². The zero-order chi connectivity index (χ0) is 13.1. The quantitative estimate of drug-likeness (QED) is 0.819. The molecule has 2 aliphatic rings. The molecule has 1 unspecified atom stereocenters. The summed E-state index contributed by atoms with van der Waals surface area (Å²) in [6, 6.07) is 0. The zero-order valence-corrected chi connectivity index (χ0v) is 12.2. The number of piperidine rings is 1. The third-order valence-electron chi connectivity index (χ3n) is 5.61. The maximum absolute atomic E-state index is 6.06. The van der Waals surface area contributed by atoms with Crippen LogP contribution in [0.1, 0.15) is 51.9 Å². The van der Waals surface area contributed by atoms with Crippen molar-refractivity contribution in [2.24, 2.45) is 11.1 Å². The van der Waals surface area contributed by atoms with Gasteiger partial charge >= 0.3 is 0 Å². The van der Waals surface area contributed by atoms with E-state index in [-0.39, 0.29) is 5.54 Å². The molecule has 1 saturated carbocycles. The summed E-state index contributed by atoms with van der Waals surface area (Å²) in [6.45, 7) is 6.16. The van der Waals surface area contributed by atoms with E-state index < -0.39 is 0 Å². The van der Waals surface area contributed by atoms with E-state index in [1.54, 1.807) is 7.11 Å². The number of likely N-dealkylation sites (tertiary alicyclic amines) is 1. The Hall–Kier alpha value is -0.120. The van der Waals surface area contributed by atoms with Gasteiger partial charge in [0.2, 0.25) is 0 Å². The molecule has 3 heteroatoms. The average Bonchev–Trinajstić information content (AvgIpc) is 2.86. The lowest BCUT2D eigenvalue weighted by Gasteiger charge is -2.48. The van der Waals surface area contributed by atoms with Gasteiger partial charge in [0.05, 0.1) is 12.1 Å². The summed E-state index contributed by atoms with van der Waals surface area (Å²) in [5.74, 6) is 0. The number of rotatable bonds is 5. The van der Waals surface area contributed by atoms with Gasteiger partial charge in [-0.15, -0.1) is 0 Å². The van der Waals surface area contributed by atoms with Crippen molar-refractivity contribution in [3.8, 4) is 0 Å². The molecule has 2 fully saturated rings. The Kier molecular flexibility index (Phi) is 4.68. The monoisotopic (exact) mass is 254 g/mol. The zero-order valence-electron chi connectivity index (χ0n) is 12.2. The van der Waals surface area contributed by atoms with Crippen molar-refractivity contribution in [3.63, 3.8) is 0 Å². The summed E-state index contributed by atoms with van der Waals surface area (Å²) in [4.78, 5) is 2.61. The van der Waals surface area contributed by atoms with Gasteiger partial charge in [-0.25, -0.2) is 0 Å². The van der Waals surface area contributed by atoms with Gasteiger partial charge in [-0.2, -0.15) is 0 Å². The number of hydrogen-bond acceptors (Lipinski definition) is 3. The van der Waals surface area contributed by atoms with Crippen LogP contribution < -0.4 is 5.73 Å². The minimum atomic E-state index is 0.0783. The molecule has 2 N–H and O–H groups in total. The molecular formula is C15H30N2O. The van der Waals surface area contributed by atoms with Crippen molar-refractivity contribution < 1.29 is 4.74 Å². The summed E-state index contributed by atoms with van der Waals surface area (Å²) >= 11 is 0. The van der Waals surface area contributed by atoms with E-state index >= 15 is 0 Å². The fourth-order valence-corrected chi connectivity index (χ4v) is 4.10. The highest BCUT2D eigenvalue weighted by molar-refractivity contribution is 4.97. The second-order valence-electron chi connectivity index (χ2n) is 6.41. The SMILES string of the molecule is CCC(CN)(COC)N1CCC2(CCCC2)CC1. The van der Waals surface area contributed by atoms with Gasteiger partial charge in [0.15, 0.2) is 0 Å². The second kappa shape index (κ2) is 5.89. The molecule has 0 aromatic carbocycles. The van der Waals surface area contributed by atoms with Crippen LogP contribution >= 0.6 is 0 Å². The molecule has 106 valence electrons. The summed E-state index contributed by atoms with van der Waals surface area (Å²) in [6.07, 6.45) is 9.67. The van der Waals surface area contributed by atoms with Crippen LogP contribution in [0.15, 0.2) is 0 Å². The molecule has 0 bridgehead atoms. The molecule has 1 saturated heterocycles. The predicted octanol–water partition coefficient (Wildman–Crippen LogP) is 2.40. The molecule has 2 rings (SSSR count). The molecule has 0 amide bonds. The number of nitrogens with zero attached hydrogens (tertiary/aromatic N) is 1. The molecule has 3 nitrogen and oxygen atoms in total. The molecule has 1 atom stereocenters. The van der Waals surface area contributed by atoms with Gasteiger partial charge in [0.25, 0.3) is 0 Å². The maximum Gasteiger partial charge on any atom is 0.0658 e. The first-order valence-electron chi connectivity index (χ1n) is 7.64. The van der Waals surface area contributed by atoms with Crippen LogP contribution in [-0.2, 0) is 4.74 Å². The van der Waals surface area contributed by atoms with Crippen molar-refractivity contribution in [1.82, 2.24) is 4.90 Å². The van der Waals surface area contributed by atoms with Gasteiger partial charge < -0.3 is 10.5 Å². The Labute approximate surface area is 112 Å². The number of hydrogen-bond donors (Lipinski definition) is 1. The van der Waals surface area contributed by atoms with Crippen LogP contribution in [0.4, 0.5) is 0 Å². The number of nitrogens with two attached hydrogens (primary N) is 1. The lowest BCUT2D eigenvalue weighted by atomic mass is 9.75. The Morgan fingerprint density at radius 2 is 1.78 bits per heavy atom. The molecular weight excluding hydrogens is 224 g/mol. The Morgan fingerprint density at radius 3 is 2.22 bits per heavy atom. The van der Waals surface area contributed by atoms with Crippen LogP contribution in [-0.4, -0.2) is 43.8 Å². The summed E-state index contributed by atoms with van der Waals surface area (Å²) in [5.41, 5.74) is 6.83. The molecule has 0 radical (unpaired) electrons. The minimum Gasteiger partial charge on any atom is -0.383 e. The van der Waals surface area contributed by atoms with Gasteiger partial charge in [-0.3, -0.25) is 4.90 Å². The van der Waals surface area contributed by atoms with Crippen LogP contribution in [0, 0.1) is 5.41 Å². The Morgan fingerprint density at radius 1 is 1.17 bits per heavy atom. The van der Waals surface area contributed by atoms with Gasteiger partial charge in [0, 0.05) is 13.7 Å². The standard InChI is InChI=1S/C15H30N2O/c1-3-15(12-16,13-18-2)17-10-8-14(9-11-17)6-4-5-7-14/h3-13,16H2,1-2H3. The first-order chi connectivity index (χ1) is 8.70. The van der Waals surface area contributed by atoms with E-state index in [1.165, 1.54) is 51.6 Å². The van der Waals surface area contributed by atoms with Gasteiger partial charge in [0.1, 0.15) is 0 Å². The lowest BCUT2D eigenvalue weighted by Crippen LogP contribution is -2.59. The van der Waals surface area contributed by atoms with E-state index in [0.717, 1.165) is 13.0 Å². The first-order valence-corrected chi connectivity index (χ1v) is 7.64. The third-order valence-corrected chi connectivity index (χ3v) is 5.61. The van der Waals surface area contributed by atoms with Gasteiger partial charge in [-0.1, -0.05) is 19.8 Å². The highest BCUT2D eigenvalue weighted by Gasteiger charge is 2.42. The van der Waals surface area contributed by atoms with Crippen molar-refractivity contribution in [1.29, 1.82) is 0 Å². The van der Waals surface area contributed by atoms with Crippen molar-refractivity contribution in [2.45, 2.75) is 57.4 Å². The van der Waals surface area contributed by atoms with E-state index in [4.69, 9.17) is 10.5 Å². The second-order valence-corrected chi connectivity index (χ2v) is 6.41.